The van der Waals surface area contributed by atoms with Crippen molar-refractivity contribution in [1.82, 2.24) is 15.0 Å². The number of fused-ring (bicyclic) bond motifs is 5. The molecule has 2 aliphatic heterocycles. The lowest BCUT2D eigenvalue weighted by Gasteiger charge is -2.45. The van der Waals surface area contributed by atoms with Crippen molar-refractivity contribution in [3.63, 3.8) is 0 Å². The summed E-state index contributed by atoms with van der Waals surface area (Å²) in [6.45, 7) is 15.8. The monoisotopic (exact) mass is 906 g/mol. The molecule has 0 amide bonds. The van der Waals surface area contributed by atoms with Gasteiger partial charge in [0.25, 0.3) is 6.71 Å². The van der Waals surface area contributed by atoms with Gasteiger partial charge in [0.15, 0.2) is 0 Å². The Hall–Kier alpha value is -8.16. The zero-order valence-corrected chi connectivity index (χ0v) is 40.9. The molecule has 0 fully saturated rings. The zero-order chi connectivity index (χ0) is 47.9. The van der Waals surface area contributed by atoms with E-state index in [2.05, 4.69) is 251 Å². The van der Waals surface area contributed by atoms with Crippen molar-refractivity contribution < 1.29 is 0 Å². The molecule has 340 valence electrons. The Bertz CT molecular complexity index is 3500. The quantitative estimate of drug-likeness (QED) is 0.149. The van der Waals surface area contributed by atoms with Crippen LogP contribution in [0.4, 0.5) is 51.2 Å². The Morgan fingerprint density at radius 3 is 1.34 bits per heavy atom. The highest BCUT2D eigenvalue weighted by Gasteiger charge is 2.45. The normalized spacial score (nSPS) is 13.0. The summed E-state index contributed by atoms with van der Waals surface area (Å²) in [5.41, 5.74) is 22.4. The van der Waals surface area contributed by atoms with Crippen LogP contribution in [0.1, 0.15) is 58.2 Å². The lowest BCUT2D eigenvalue weighted by molar-refractivity contribution is 0.590. The summed E-state index contributed by atoms with van der Waals surface area (Å²) in [6, 6.07) is 75.5. The first-order valence-electron chi connectivity index (χ1n) is 24.4. The molecule has 12 rings (SSSR count). The highest BCUT2D eigenvalue weighted by atomic mass is 15.5. The highest BCUT2D eigenvalue weighted by Crippen LogP contribution is 2.49. The molecule has 0 aliphatic carbocycles. The van der Waals surface area contributed by atoms with Gasteiger partial charge in [-0.25, -0.2) is 0 Å². The van der Waals surface area contributed by atoms with E-state index in [4.69, 9.17) is 10.2 Å². The maximum absolute atomic E-state index is 5.17. The fraction of sp³-hybridized carbons (Fsp3) is 0.143. The Morgan fingerprint density at radius 1 is 0.429 bits per heavy atom. The summed E-state index contributed by atoms with van der Waals surface area (Å²) in [7, 11) is 0. The number of nitrogens with zero attached hydrogens (tertiary/aromatic N) is 6. The van der Waals surface area contributed by atoms with E-state index in [9.17, 15) is 0 Å². The van der Waals surface area contributed by atoms with Crippen molar-refractivity contribution in [2.75, 3.05) is 14.7 Å². The van der Waals surface area contributed by atoms with Crippen LogP contribution >= 0.6 is 0 Å². The van der Waals surface area contributed by atoms with Crippen LogP contribution in [-0.2, 0) is 10.8 Å². The number of hydrogen-bond acceptors (Lipinski definition) is 5. The van der Waals surface area contributed by atoms with Gasteiger partial charge in [-0.3, -0.25) is 0 Å². The maximum Gasteiger partial charge on any atom is 0.252 e. The average Bonchev–Trinajstić information content (AvgIpc) is 3.79. The van der Waals surface area contributed by atoms with Crippen molar-refractivity contribution in [3.8, 4) is 16.8 Å². The van der Waals surface area contributed by atoms with E-state index in [0.717, 1.165) is 79.0 Å². The van der Waals surface area contributed by atoms with Crippen molar-refractivity contribution in [2.24, 2.45) is 0 Å². The van der Waals surface area contributed by atoms with E-state index >= 15 is 0 Å². The van der Waals surface area contributed by atoms with E-state index in [-0.39, 0.29) is 17.5 Å². The summed E-state index contributed by atoms with van der Waals surface area (Å²) in [4.78, 5) is 9.20. The predicted octanol–water partition coefficient (Wildman–Crippen LogP) is 14.5. The topological polar surface area (TPSA) is 40.4 Å². The lowest BCUT2D eigenvalue weighted by Crippen LogP contribution is -2.61. The van der Waals surface area contributed by atoms with Crippen molar-refractivity contribution in [3.05, 3.63) is 223 Å². The second-order valence-corrected chi connectivity index (χ2v) is 20.9. The van der Waals surface area contributed by atoms with Crippen LogP contribution in [0, 0.1) is 6.92 Å². The second kappa shape index (κ2) is 16.5. The summed E-state index contributed by atoms with van der Waals surface area (Å²) in [6.07, 6.45) is 0. The number of rotatable bonds is 7. The molecule has 1 aromatic heterocycles. The van der Waals surface area contributed by atoms with Gasteiger partial charge in [-0.15, -0.1) is 10.2 Å². The van der Waals surface area contributed by atoms with Gasteiger partial charge in [-0.05, 0) is 147 Å². The number of aryl methyl sites for hydroxylation is 1. The molecule has 0 saturated carbocycles. The molecular formula is C63H55BN6. The number of para-hydroxylation sites is 3. The molecule has 0 saturated heterocycles. The molecule has 0 atom stereocenters. The SMILES string of the molecule is Cc1cc2c3c(c1)N(c1ccccc1)c1cc4nn(-c5ccccc5)nc4cc1B3c1cc(-c3ccccc3)c(N(c3ccc(C(C)(C)C)cc3)c3ccc(C(C)(C)C)cc3)cc1N2c1ccccc1. The van der Waals surface area contributed by atoms with Crippen molar-refractivity contribution >= 4 is 85.3 Å². The van der Waals surface area contributed by atoms with E-state index in [1.165, 1.54) is 33.1 Å². The highest BCUT2D eigenvalue weighted by molar-refractivity contribution is 7.00. The summed E-state index contributed by atoms with van der Waals surface area (Å²) in [5.74, 6) is 0. The van der Waals surface area contributed by atoms with Gasteiger partial charge in [-0.2, -0.15) is 4.80 Å². The molecule has 0 unspecified atom stereocenters. The maximum atomic E-state index is 5.17. The van der Waals surface area contributed by atoms with Crippen LogP contribution in [0.3, 0.4) is 0 Å². The van der Waals surface area contributed by atoms with Crippen LogP contribution in [-0.4, -0.2) is 21.7 Å². The molecule has 7 heteroatoms. The largest absolute Gasteiger partial charge is 0.311 e. The molecule has 6 nitrogen and oxygen atoms in total. The van der Waals surface area contributed by atoms with E-state index < -0.39 is 0 Å². The third kappa shape index (κ3) is 7.36. The Labute approximate surface area is 412 Å². The number of benzene rings is 9. The molecule has 0 N–H and O–H groups in total. The second-order valence-electron chi connectivity index (χ2n) is 20.9. The molecule has 10 aromatic rings. The fourth-order valence-electron chi connectivity index (χ4n) is 10.6. The standard InChI is InChI=1S/C63H55BN6/c1-42-36-59-61-60(37-42)69(47-24-16-10-17-25-47)58-41-56(67(48-32-28-44(29-33-48)62(2,3)4)49-34-30-45(31-35-49)63(5,6)7)51(43-20-12-8-13-21-43)38-52(58)64(61)53-39-54-55(66-70(65-54)50-26-18-11-19-27-50)40-57(53)68(59)46-22-14-9-15-23-46/h8-41H,1-7H3. The van der Waals surface area contributed by atoms with Gasteiger partial charge >= 0.3 is 0 Å². The van der Waals surface area contributed by atoms with Gasteiger partial charge in [0.2, 0.25) is 0 Å². The summed E-state index contributed by atoms with van der Waals surface area (Å²) < 4.78 is 0. The minimum absolute atomic E-state index is 0.00694. The molecule has 9 aromatic carbocycles. The van der Waals surface area contributed by atoms with Crippen molar-refractivity contribution in [1.29, 1.82) is 0 Å². The lowest BCUT2D eigenvalue weighted by atomic mass is 9.33. The van der Waals surface area contributed by atoms with E-state index in [1.807, 2.05) is 18.2 Å². The third-order valence-electron chi connectivity index (χ3n) is 14.2. The number of aromatic nitrogens is 3. The third-order valence-corrected chi connectivity index (χ3v) is 14.2. The molecule has 2 aliphatic rings. The minimum Gasteiger partial charge on any atom is -0.311 e. The number of anilines is 9. The Kier molecular flexibility index (Phi) is 10.2. The first-order chi connectivity index (χ1) is 33.9. The minimum atomic E-state index is -0.149. The van der Waals surface area contributed by atoms with Gasteiger partial charge in [-0.1, -0.05) is 157 Å². The number of hydrogen-bond donors (Lipinski definition) is 0. The van der Waals surface area contributed by atoms with Crippen LogP contribution < -0.4 is 31.1 Å². The molecule has 0 bridgehead atoms. The van der Waals surface area contributed by atoms with E-state index in [0.29, 0.717) is 0 Å². The summed E-state index contributed by atoms with van der Waals surface area (Å²) in [5, 5.41) is 10.3. The smallest absolute Gasteiger partial charge is 0.252 e. The van der Waals surface area contributed by atoms with E-state index in [1.54, 1.807) is 4.80 Å². The molecule has 0 radical (unpaired) electrons. The van der Waals surface area contributed by atoms with Gasteiger partial charge in [0.1, 0.15) is 11.0 Å². The van der Waals surface area contributed by atoms with Crippen LogP contribution in [0.25, 0.3) is 27.8 Å². The summed E-state index contributed by atoms with van der Waals surface area (Å²) >= 11 is 0. The molecule has 3 heterocycles. The van der Waals surface area contributed by atoms with Gasteiger partial charge < -0.3 is 14.7 Å². The van der Waals surface area contributed by atoms with Gasteiger partial charge in [0.05, 0.1) is 11.4 Å². The predicted molar refractivity (Wildman–Crippen MR) is 295 cm³/mol. The zero-order valence-electron chi connectivity index (χ0n) is 40.9. The Balaban J connectivity index is 1.18. The first-order valence-corrected chi connectivity index (χ1v) is 24.4. The average molecular weight is 907 g/mol. The fourth-order valence-corrected chi connectivity index (χ4v) is 10.6. The van der Waals surface area contributed by atoms with Crippen LogP contribution in [0.15, 0.2) is 206 Å². The van der Waals surface area contributed by atoms with Crippen molar-refractivity contribution in [2.45, 2.75) is 59.3 Å². The van der Waals surface area contributed by atoms with Crippen LogP contribution in [0.2, 0.25) is 0 Å². The molecule has 70 heavy (non-hydrogen) atoms. The molecular weight excluding hydrogens is 852 g/mol. The Morgan fingerprint density at radius 2 is 0.857 bits per heavy atom. The first kappa shape index (κ1) is 43.1. The van der Waals surface area contributed by atoms with Crippen LogP contribution in [0.5, 0.6) is 0 Å². The van der Waals surface area contributed by atoms with Gasteiger partial charge in [0, 0.05) is 51.1 Å². The molecule has 0 spiro atoms.